The van der Waals surface area contributed by atoms with Crippen LogP contribution in [0.5, 0.6) is 11.5 Å². The van der Waals surface area contributed by atoms with Crippen LogP contribution in [0, 0.1) is 12.3 Å². The average Bonchev–Trinajstić information content (AvgIpc) is 2.69. The van der Waals surface area contributed by atoms with Gasteiger partial charge in [-0.2, -0.15) is 0 Å². The first kappa shape index (κ1) is 14.1. The van der Waals surface area contributed by atoms with Crippen LogP contribution in [0.1, 0.15) is 13.3 Å². The second-order valence-electron chi connectivity index (χ2n) is 4.24. The molecule has 0 saturated carbocycles. The van der Waals surface area contributed by atoms with E-state index in [0.717, 1.165) is 30.2 Å². The zero-order valence-corrected chi connectivity index (χ0v) is 11.6. The molecule has 2 rings (SSSR count). The zero-order chi connectivity index (χ0) is 14.2. The van der Waals surface area contributed by atoms with E-state index in [1.54, 1.807) is 0 Å². The summed E-state index contributed by atoms with van der Waals surface area (Å²) in [5.74, 6) is 4.67. The van der Waals surface area contributed by atoms with Crippen molar-refractivity contribution in [2.45, 2.75) is 13.3 Å². The number of nitrogens with one attached hydrogen (secondary N) is 2. The Morgan fingerprint density at radius 3 is 2.90 bits per heavy atom. The second-order valence-corrected chi connectivity index (χ2v) is 4.24. The van der Waals surface area contributed by atoms with Crippen LogP contribution >= 0.6 is 0 Å². The summed E-state index contributed by atoms with van der Waals surface area (Å²) in [4.78, 5) is 4.24. The molecule has 106 valence electrons. The highest BCUT2D eigenvalue weighted by Gasteiger charge is 2.11. The molecule has 5 nitrogen and oxygen atoms in total. The molecular weight excluding hydrogens is 254 g/mol. The molecule has 0 radical (unpaired) electrons. The van der Waals surface area contributed by atoms with Crippen LogP contribution in [0.4, 0.5) is 5.69 Å². The van der Waals surface area contributed by atoms with E-state index in [-0.39, 0.29) is 0 Å². The third-order valence-electron chi connectivity index (χ3n) is 2.68. The van der Waals surface area contributed by atoms with Crippen LogP contribution in [0.2, 0.25) is 0 Å². The molecule has 20 heavy (non-hydrogen) atoms. The second kappa shape index (κ2) is 7.29. The molecule has 2 N–H and O–H groups in total. The van der Waals surface area contributed by atoms with Crippen LogP contribution in [-0.4, -0.2) is 32.3 Å². The molecule has 1 aromatic rings. The first-order chi connectivity index (χ1) is 9.83. The Balaban J connectivity index is 2.12. The van der Waals surface area contributed by atoms with Gasteiger partial charge < -0.3 is 20.1 Å². The lowest BCUT2D eigenvalue weighted by molar-refractivity contribution is 0.297. The summed E-state index contributed by atoms with van der Waals surface area (Å²) in [6, 6.07) is 5.73. The van der Waals surface area contributed by atoms with Gasteiger partial charge in [-0.3, -0.25) is 0 Å². The molecule has 1 aliphatic heterocycles. The van der Waals surface area contributed by atoms with Gasteiger partial charge in [-0.25, -0.2) is 4.99 Å². The quantitative estimate of drug-likeness (QED) is 0.501. The lowest BCUT2D eigenvalue weighted by atomic mass is 10.3. The maximum absolute atomic E-state index is 5.65. The van der Waals surface area contributed by atoms with Gasteiger partial charge in [0.15, 0.2) is 17.5 Å². The third-order valence-corrected chi connectivity index (χ3v) is 2.68. The van der Waals surface area contributed by atoms with Gasteiger partial charge in [0.05, 0.1) is 13.2 Å². The fraction of sp³-hybridized carbons (Fsp3) is 0.400. The average molecular weight is 273 g/mol. The van der Waals surface area contributed by atoms with E-state index in [1.807, 2.05) is 25.1 Å². The van der Waals surface area contributed by atoms with Crippen molar-refractivity contribution in [3.8, 4) is 23.8 Å². The normalized spacial score (nSPS) is 14.1. The summed E-state index contributed by atoms with van der Waals surface area (Å²) < 4.78 is 11.2. The topological polar surface area (TPSA) is 54.9 Å². The number of guanidine groups is 1. The third kappa shape index (κ3) is 3.82. The Bertz CT molecular complexity index is 520. The van der Waals surface area contributed by atoms with Crippen LogP contribution in [0.15, 0.2) is 23.2 Å². The highest BCUT2D eigenvalue weighted by molar-refractivity contribution is 5.94. The minimum atomic E-state index is 0.333. The van der Waals surface area contributed by atoms with Gasteiger partial charge in [-0.1, -0.05) is 5.92 Å². The maximum Gasteiger partial charge on any atom is 0.196 e. The number of rotatable bonds is 3. The molecule has 5 heteroatoms. The molecule has 0 spiro atoms. The molecule has 0 aromatic heterocycles. The highest BCUT2D eigenvalue weighted by Crippen LogP contribution is 2.32. The zero-order valence-electron chi connectivity index (χ0n) is 11.6. The highest BCUT2D eigenvalue weighted by atomic mass is 16.5. The molecular formula is C15H19N3O2. The number of anilines is 1. The number of benzene rings is 1. The minimum Gasteiger partial charge on any atom is -0.490 e. The summed E-state index contributed by atoms with van der Waals surface area (Å²) in [5, 5.41) is 6.32. The van der Waals surface area contributed by atoms with Crippen molar-refractivity contribution in [2.24, 2.45) is 4.99 Å². The SMILES string of the molecule is C#CCN=C(NCC)Nc1ccc2c(c1)OCCCO2. The first-order valence-electron chi connectivity index (χ1n) is 6.72. The number of hydrogen-bond acceptors (Lipinski definition) is 3. The first-order valence-corrected chi connectivity index (χ1v) is 6.72. The Hall–Kier alpha value is -2.35. The van der Waals surface area contributed by atoms with E-state index in [0.29, 0.717) is 25.7 Å². The molecule has 0 unspecified atom stereocenters. The van der Waals surface area contributed by atoms with E-state index in [9.17, 15) is 0 Å². The molecule has 1 heterocycles. The molecule has 0 saturated heterocycles. The molecule has 0 bridgehead atoms. The van der Waals surface area contributed by atoms with Gasteiger partial charge >= 0.3 is 0 Å². The minimum absolute atomic E-state index is 0.333. The Morgan fingerprint density at radius 2 is 2.15 bits per heavy atom. The lowest BCUT2D eigenvalue weighted by Gasteiger charge is -2.13. The van der Waals surface area contributed by atoms with Crippen LogP contribution in [0.3, 0.4) is 0 Å². The van der Waals surface area contributed by atoms with Gasteiger partial charge in [0.1, 0.15) is 6.54 Å². The Kier molecular flexibility index (Phi) is 5.13. The summed E-state index contributed by atoms with van der Waals surface area (Å²) in [6.45, 7) is 4.45. The van der Waals surface area contributed by atoms with Gasteiger partial charge in [0, 0.05) is 24.7 Å². The molecule has 1 aliphatic rings. The van der Waals surface area contributed by atoms with E-state index in [2.05, 4.69) is 21.5 Å². The number of hydrogen-bond donors (Lipinski definition) is 2. The van der Waals surface area contributed by atoms with Crippen molar-refractivity contribution in [2.75, 3.05) is 31.6 Å². The predicted molar refractivity (Wildman–Crippen MR) is 80.5 cm³/mol. The monoisotopic (exact) mass is 273 g/mol. The molecule has 0 fully saturated rings. The molecule has 0 aliphatic carbocycles. The smallest absolute Gasteiger partial charge is 0.196 e. The largest absolute Gasteiger partial charge is 0.490 e. The van der Waals surface area contributed by atoms with Crippen LogP contribution in [-0.2, 0) is 0 Å². The van der Waals surface area contributed by atoms with Crippen LogP contribution < -0.4 is 20.1 Å². The number of fused-ring (bicyclic) bond motifs is 1. The van der Waals surface area contributed by atoms with E-state index < -0.39 is 0 Å². The number of nitrogens with zero attached hydrogens (tertiary/aromatic N) is 1. The maximum atomic E-state index is 5.65. The van der Waals surface area contributed by atoms with E-state index in [1.165, 1.54) is 0 Å². The van der Waals surface area contributed by atoms with Crippen molar-refractivity contribution < 1.29 is 9.47 Å². The van der Waals surface area contributed by atoms with Crippen molar-refractivity contribution in [1.29, 1.82) is 0 Å². The van der Waals surface area contributed by atoms with Crippen molar-refractivity contribution in [3.05, 3.63) is 18.2 Å². The summed E-state index contributed by atoms with van der Waals surface area (Å²) in [6.07, 6.45) is 6.12. The van der Waals surface area contributed by atoms with E-state index >= 15 is 0 Å². The van der Waals surface area contributed by atoms with Gasteiger partial charge in [-0.05, 0) is 19.1 Å². The lowest BCUT2D eigenvalue weighted by Crippen LogP contribution is -2.30. The van der Waals surface area contributed by atoms with Gasteiger partial charge in [-0.15, -0.1) is 6.42 Å². The molecule has 1 aromatic carbocycles. The number of aliphatic imine (C=N–C) groups is 1. The van der Waals surface area contributed by atoms with Gasteiger partial charge in [0.25, 0.3) is 0 Å². The number of terminal acetylenes is 1. The number of ether oxygens (including phenoxy) is 2. The standard InChI is InChI=1S/C15H19N3O2/c1-3-8-17-15(16-4-2)18-12-6-7-13-14(11-12)20-10-5-9-19-13/h1,6-7,11H,4-5,8-10H2,2H3,(H2,16,17,18). The summed E-state index contributed by atoms with van der Waals surface area (Å²) >= 11 is 0. The van der Waals surface area contributed by atoms with Gasteiger partial charge in [0.2, 0.25) is 0 Å². The predicted octanol–water partition coefficient (Wildman–Crippen LogP) is 1.86. The van der Waals surface area contributed by atoms with Crippen molar-refractivity contribution in [1.82, 2.24) is 5.32 Å². The van der Waals surface area contributed by atoms with Crippen molar-refractivity contribution >= 4 is 11.6 Å². The molecule has 0 amide bonds. The Morgan fingerprint density at radius 1 is 1.35 bits per heavy atom. The fourth-order valence-corrected chi connectivity index (χ4v) is 1.81. The Labute approximate surface area is 119 Å². The summed E-state index contributed by atoms with van der Waals surface area (Å²) in [7, 11) is 0. The fourth-order valence-electron chi connectivity index (χ4n) is 1.81. The summed E-state index contributed by atoms with van der Waals surface area (Å²) in [5.41, 5.74) is 0.881. The van der Waals surface area contributed by atoms with Crippen LogP contribution in [0.25, 0.3) is 0 Å². The van der Waals surface area contributed by atoms with E-state index in [4.69, 9.17) is 15.9 Å². The molecule has 0 atom stereocenters. The van der Waals surface area contributed by atoms with Crippen molar-refractivity contribution in [3.63, 3.8) is 0 Å².